The van der Waals surface area contributed by atoms with E-state index in [0.29, 0.717) is 12.1 Å². The summed E-state index contributed by atoms with van der Waals surface area (Å²) in [4.78, 5) is 2.35. The molecule has 2 heteroatoms. The number of aliphatic hydroxyl groups excluding tert-OH is 1. The quantitative estimate of drug-likeness (QED) is 0.483. The van der Waals surface area contributed by atoms with Crippen LogP contribution >= 0.6 is 0 Å². The van der Waals surface area contributed by atoms with Crippen molar-refractivity contribution >= 4 is 0 Å². The number of allylic oxidation sites excluding steroid dienone is 1. The van der Waals surface area contributed by atoms with Crippen LogP contribution < -0.4 is 0 Å². The van der Waals surface area contributed by atoms with Gasteiger partial charge >= 0.3 is 0 Å². The van der Waals surface area contributed by atoms with Crippen molar-refractivity contribution in [2.45, 2.75) is 71.6 Å². The van der Waals surface area contributed by atoms with E-state index in [-0.39, 0.29) is 6.10 Å². The highest BCUT2D eigenvalue weighted by Gasteiger charge is 2.16. The lowest BCUT2D eigenvalue weighted by molar-refractivity contribution is 0.0692. The van der Waals surface area contributed by atoms with E-state index in [1.54, 1.807) is 0 Å². The lowest BCUT2D eigenvalue weighted by Gasteiger charge is -2.32. The minimum atomic E-state index is -0.186. The molecule has 0 aliphatic carbocycles. The Labute approximate surface area is 101 Å². The molecule has 0 rings (SSSR count). The molecule has 0 radical (unpaired) electrons. The standard InChI is InChI=1S/C14H29NO/c1-6-7-8-9-10-14(16)11-15(12(2)3)13(4)5/h6,12-14,16H,1,7-11H2,2-5H3. The summed E-state index contributed by atoms with van der Waals surface area (Å²) in [7, 11) is 0. The van der Waals surface area contributed by atoms with Gasteiger partial charge in [0, 0.05) is 18.6 Å². The Morgan fingerprint density at radius 2 is 1.69 bits per heavy atom. The van der Waals surface area contributed by atoms with Crippen molar-refractivity contribution in [1.82, 2.24) is 4.90 Å². The normalized spacial score (nSPS) is 13.8. The van der Waals surface area contributed by atoms with Gasteiger partial charge in [-0.1, -0.05) is 12.5 Å². The van der Waals surface area contributed by atoms with E-state index in [2.05, 4.69) is 39.2 Å². The van der Waals surface area contributed by atoms with Crippen LogP contribution in [0.3, 0.4) is 0 Å². The topological polar surface area (TPSA) is 23.5 Å². The van der Waals surface area contributed by atoms with Crippen molar-refractivity contribution in [2.75, 3.05) is 6.54 Å². The molecule has 2 nitrogen and oxygen atoms in total. The van der Waals surface area contributed by atoms with Gasteiger partial charge in [-0.2, -0.15) is 0 Å². The largest absolute Gasteiger partial charge is 0.392 e. The first kappa shape index (κ1) is 15.7. The predicted molar refractivity (Wildman–Crippen MR) is 71.6 cm³/mol. The van der Waals surface area contributed by atoms with Crippen molar-refractivity contribution in [1.29, 1.82) is 0 Å². The third kappa shape index (κ3) is 7.02. The number of rotatable bonds is 9. The second kappa shape index (κ2) is 8.77. The van der Waals surface area contributed by atoms with E-state index < -0.39 is 0 Å². The molecule has 16 heavy (non-hydrogen) atoms. The fraction of sp³-hybridized carbons (Fsp3) is 0.857. The van der Waals surface area contributed by atoms with Crippen molar-refractivity contribution in [3.05, 3.63) is 12.7 Å². The molecule has 0 aliphatic heterocycles. The van der Waals surface area contributed by atoms with E-state index in [4.69, 9.17) is 0 Å². The summed E-state index contributed by atoms with van der Waals surface area (Å²) in [5, 5.41) is 9.95. The first-order chi connectivity index (χ1) is 7.49. The van der Waals surface area contributed by atoms with Crippen LogP contribution in [0.2, 0.25) is 0 Å². The van der Waals surface area contributed by atoms with Crippen LogP contribution in [0.1, 0.15) is 53.4 Å². The molecule has 0 aliphatic rings. The molecule has 1 unspecified atom stereocenters. The van der Waals surface area contributed by atoms with Gasteiger partial charge in [0.25, 0.3) is 0 Å². The maximum Gasteiger partial charge on any atom is 0.0667 e. The molecule has 1 N–H and O–H groups in total. The predicted octanol–water partition coefficient (Wildman–Crippen LogP) is 3.21. The Balaban J connectivity index is 3.81. The van der Waals surface area contributed by atoms with Gasteiger partial charge in [-0.25, -0.2) is 0 Å². The molecule has 0 saturated carbocycles. The van der Waals surface area contributed by atoms with Crippen LogP contribution in [-0.4, -0.2) is 34.7 Å². The van der Waals surface area contributed by atoms with E-state index in [1.807, 2.05) is 6.08 Å². The maximum atomic E-state index is 9.95. The molecule has 0 bridgehead atoms. The number of hydrogen-bond donors (Lipinski definition) is 1. The molecule has 96 valence electrons. The highest BCUT2D eigenvalue weighted by molar-refractivity contribution is 4.72. The van der Waals surface area contributed by atoms with E-state index >= 15 is 0 Å². The second-order valence-electron chi connectivity index (χ2n) is 5.11. The van der Waals surface area contributed by atoms with Crippen LogP contribution in [0.4, 0.5) is 0 Å². The molecule has 0 saturated heterocycles. The number of nitrogens with zero attached hydrogens (tertiary/aromatic N) is 1. The van der Waals surface area contributed by atoms with Crippen LogP contribution in [0.5, 0.6) is 0 Å². The molecule has 0 heterocycles. The Morgan fingerprint density at radius 3 is 2.12 bits per heavy atom. The Kier molecular flexibility index (Phi) is 8.58. The van der Waals surface area contributed by atoms with Crippen molar-refractivity contribution in [2.24, 2.45) is 0 Å². The smallest absolute Gasteiger partial charge is 0.0667 e. The zero-order chi connectivity index (χ0) is 12.6. The molecule has 0 aromatic heterocycles. The molecule has 0 aromatic carbocycles. The minimum absolute atomic E-state index is 0.186. The lowest BCUT2D eigenvalue weighted by atomic mass is 10.1. The molecule has 0 spiro atoms. The average molecular weight is 227 g/mol. The molecule has 0 amide bonds. The summed E-state index contributed by atoms with van der Waals surface area (Å²) >= 11 is 0. The zero-order valence-electron chi connectivity index (χ0n) is 11.4. The first-order valence-corrected chi connectivity index (χ1v) is 6.53. The Bertz CT molecular complexity index is 170. The summed E-state index contributed by atoms with van der Waals surface area (Å²) in [6.45, 7) is 13.2. The van der Waals surface area contributed by atoms with E-state index in [1.165, 1.54) is 0 Å². The Hall–Kier alpha value is -0.340. The average Bonchev–Trinajstić information content (AvgIpc) is 2.20. The van der Waals surface area contributed by atoms with Gasteiger partial charge in [-0.15, -0.1) is 6.58 Å². The van der Waals surface area contributed by atoms with Gasteiger partial charge in [0.1, 0.15) is 0 Å². The summed E-state index contributed by atoms with van der Waals surface area (Å²) in [5.74, 6) is 0. The van der Waals surface area contributed by atoms with Gasteiger partial charge in [0.2, 0.25) is 0 Å². The summed E-state index contributed by atoms with van der Waals surface area (Å²) < 4.78 is 0. The number of unbranched alkanes of at least 4 members (excludes halogenated alkanes) is 2. The summed E-state index contributed by atoms with van der Waals surface area (Å²) in [5.41, 5.74) is 0. The van der Waals surface area contributed by atoms with Crippen LogP contribution in [-0.2, 0) is 0 Å². The van der Waals surface area contributed by atoms with Crippen LogP contribution in [0.15, 0.2) is 12.7 Å². The summed E-state index contributed by atoms with van der Waals surface area (Å²) in [6, 6.07) is 1.01. The SMILES string of the molecule is C=CCCCCC(O)CN(C(C)C)C(C)C. The summed E-state index contributed by atoms with van der Waals surface area (Å²) in [6.07, 6.45) is 5.96. The fourth-order valence-corrected chi connectivity index (χ4v) is 2.02. The number of aliphatic hydroxyl groups is 1. The van der Waals surface area contributed by atoms with E-state index in [0.717, 1.165) is 32.2 Å². The highest BCUT2D eigenvalue weighted by Crippen LogP contribution is 2.10. The van der Waals surface area contributed by atoms with Crippen molar-refractivity contribution in [3.63, 3.8) is 0 Å². The second-order valence-corrected chi connectivity index (χ2v) is 5.11. The molecule has 0 fully saturated rings. The van der Waals surface area contributed by atoms with Gasteiger partial charge in [-0.3, -0.25) is 4.90 Å². The third-order valence-corrected chi connectivity index (χ3v) is 2.94. The maximum absolute atomic E-state index is 9.95. The van der Waals surface area contributed by atoms with Gasteiger partial charge < -0.3 is 5.11 Å². The van der Waals surface area contributed by atoms with Crippen LogP contribution in [0, 0.1) is 0 Å². The monoisotopic (exact) mass is 227 g/mol. The minimum Gasteiger partial charge on any atom is -0.392 e. The number of hydrogen-bond acceptors (Lipinski definition) is 2. The third-order valence-electron chi connectivity index (χ3n) is 2.94. The fourth-order valence-electron chi connectivity index (χ4n) is 2.02. The molecular formula is C14H29NO. The first-order valence-electron chi connectivity index (χ1n) is 6.53. The van der Waals surface area contributed by atoms with Gasteiger partial charge in [0.15, 0.2) is 0 Å². The lowest BCUT2D eigenvalue weighted by Crippen LogP contribution is -2.42. The van der Waals surface area contributed by atoms with Gasteiger partial charge in [-0.05, 0) is 47.0 Å². The van der Waals surface area contributed by atoms with Crippen molar-refractivity contribution < 1.29 is 5.11 Å². The highest BCUT2D eigenvalue weighted by atomic mass is 16.3. The van der Waals surface area contributed by atoms with Gasteiger partial charge in [0.05, 0.1) is 6.10 Å². The molecular weight excluding hydrogens is 198 g/mol. The Morgan fingerprint density at radius 1 is 1.12 bits per heavy atom. The van der Waals surface area contributed by atoms with Crippen molar-refractivity contribution in [3.8, 4) is 0 Å². The molecule has 0 aromatic rings. The zero-order valence-corrected chi connectivity index (χ0v) is 11.4. The van der Waals surface area contributed by atoms with E-state index in [9.17, 15) is 5.11 Å². The molecule has 1 atom stereocenters. The van der Waals surface area contributed by atoms with Crippen LogP contribution in [0.25, 0.3) is 0 Å².